The van der Waals surface area contributed by atoms with Gasteiger partial charge in [-0.2, -0.15) is 0 Å². The van der Waals surface area contributed by atoms with E-state index in [2.05, 4.69) is 45.6 Å². The molecule has 2 saturated heterocycles. The quantitative estimate of drug-likeness (QED) is 0.870. The fraction of sp³-hybridized carbons (Fsp3) is 0.474. The second-order valence-electron chi connectivity index (χ2n) is 7.41. The molecule has 2 aliphatic rings. The van der Waals surface area contributed by atoms with Gasteiger partial charge in [-0.1, -0.05) is 17.7 Å². The van der Waals surface area contributed by atoms with E-state index in [0.29, 0.717) is 6.42 Å². The number of hydrogen-bond acceptors (Lipinski definition) is 3. The van der Waals surface area contributed by atoms with E-state index in [9.17, 15) is 4.79 Å². The Morgan fingerprint density at radius 2 is 2.00 bits per heavy atom. The average molecular weight is 324 g/mol. The van der Waals surface area contributed by atoms with E-state index in [1.807, 2.05) is 24.3 Å². The van der Waals surface area contributed by atoms with Gasteiger partial charge in [-0.25, -0.2) is 4.98 Å². The number of hydrogen-bond donors (Lipinski definition) is 0. The molecule has 2 aromatic rings. The molecule has 0 radical (unpaired) electrons. The van der Waals surface area contributed by atoms with Gasteiger partial charge in [0.15, 0.2) is 0 Å². The summed E-state index contributed by atoms with van der Waals surface area (Å²) in [5.41, 5.74) is 2.36. The minimum atomic E-state index is 0.104. The van der Waals surface area contributed by atoms with Crippen LogP contribution in [0.1, 0.15) is 24.2 Å². The zero-order chi connectivity index (χ0) is 16.7. The Morgan fingerprint density at radius 3 is 2.71 bits per heavy atom. The zero-order valence-electron chi connectivity index (χ0n) is 14.4. The number of rotatable bonds is 3. The first kappa shape index (κ1) is 15.4. The molecule has 1 amide bonds. The minimum Gasteiger partial charge on any atom is -0.337 e. The lowest BCUT2D eigenvalue weighted by atomic mass is 9.86. The van der Waals surface area contributed by atoms with Crippen LogP contribution < -0.4 is 4.90 Å². The van der Waals surface area contributed by atoms with Gasteiger partial charge in [-0.05, 0) is 32.0 Å². The van der Waals surface area contributed by atoms with Gasteiger partial charge in [0.05, 0.1) is 6.54 Å². The topological polar surface area (TPSA) is 41.4 Å². The molecule has 1 spiro atoms. The summed E-state index contributed by atoms with van der Waals surface area (Å²) in [6, 6.07) is 8.28. The lowest BCUT2D eigenvalue weighted by Gasteiger charge is -2.24. The van der Waals surface area contributed by atoms with Crippen LogP contribution in [0.4, 0.5) is 5.69 Å². The Morgan fingerprint density at radius 1 is 1.21 bits per heavy atom. The summed E-state index contributed by atoms with van der Waals surface area (Å²) in [5.74, 6) is 1.35. The second-order valence-corrected chi connectivity index (χ2v) is 7.41. The van der Waals surface area contributed by atoms with Crippen molar-refractivity contribution in [2.75, 3.05) is 24.5 Å². The first-order valence-electron chi connectivity index (χ1n) is 8.60. The fourth-order valence-electron chi connectivity index (χ4n) is 4.04. The van der Waals surface area contributed by atoms with Crippen molar-refractivity contribution in [1.29, 1.82) is 0 Å². The number of amides is 1. The Kier molecular flexibility index (Phi) is 3.68. The molecular weight excluding hydrogens is 300 g/mol. The molecule has 5 nitrogen and oxygen atoms in total. The third-order valence-corrected chi connectivity index (χ3v) is 5.47. The maximum absolute atomic E-state index is 12.6. The van der Waals surface area contributed by atoms with E-state index in [1.54, 1.807) is 0 Å². The van der Waals surface area contributed by atoms with Gasteiger partial charge in [0.1, 0.15) is 5.82 Å². The van der Waals surface area contributed by atoms with Crippen LogP contribution in [0.3, 0.4) is 0 Å². The lowest BCUT2D eigenvalue weighted by Crippen LogP contribution is -2.31. The van der Waals surface area contributed by atoms with Crippen LogP contribution in [0.5, 0.6) is 0 Å². The molecule has 0 bridgehead atoms. The van der Waals surface area contributed by atoms with Gasteiger partial charge >= 0.3 is 0 Å². The van der Waals surface area contributed by atoms with Crippen molar-refractivity contribution >= 4 is 11.6 Å². The van der Waals surface area contributed by atoms with Crippen LogP contribution >= 0.6 is 0 Å². The number of anilines is 1. The van der Waals surface area contributed by atoms with E-state index in [4.69, 9.17) is 0 Å². The van der Waals surface area contributed by atoms with Crippen LogP contribution in [0, 0.1) is 12.3 Å². The highest BCUT2D eigenvalue weighted by molar-refractivity contribution is 5.96. The standard InChI is InChI=1S/C19H24N4O/c1-15-3-5-16(6-4-15)23-14-19(11-18(23)24)7-9-22(13-19)12-17-20-8-10-21(17)2/h3-6,8,10H,7,9,11-14H2,1-2H3/t19-/m1/s1. The average Bonchev–Trinajstić information content (AvgIpc) is 3.22. The summed E-state index contributed by atoms with van der Waals surface area (Å²) in [5, 5.41) is 0. The molecule has 1 atom stereocenters. The SMILES string of the molecule is Cc1ccc(N2C[C@]3(CCN(Cc4nccn4C)C3)CC2=O)cc1. The first-order valence-corrected chi connectivity index (χ1v) is 8.60. The number of imidazole rings is 1. The van der Waals surface area contributed by atoms with Crippen LogP contribution in [0.2, 0.25) is 0 Å². The normalized spacial score (nSPS) is 24.4. The van der Waals surface area contributed by atoms with E-state index < -0.39 is 0 Å². The van der Waals surface area contributed by atoms with Crippen molar-refractivity contribution in [3.8, 4) is 0 Å². The predicted molar refractivity (Wildman–Crippen MR) is 93.7 cm³/mol. The smallest absolute Gasteiger partial charge is 0.227 e. The molecule has 1 aromatic heterocycles. The molecular formula is C19H24N4O. The molecule has 4 rings (SSSR count). The molecule has 126 valence electrons. The summed E-state index contributed by atoms with van der Waals surface area (Å²) in [4.78, 5) is 21.4. The molecule has 0 unspecified atom stereocenters. The summed E-state index contributed by atoms with van der Waals surface area (Å²) >= 11 is 0. The summed E-state index contributed by atoms with van der Waals surface area (Å²) in [7, 11) is 2.03. The summed E-state index contributed by atoms with van der Waals surface area (Å²) < 4.78 is 2.07. The Balaban J connectivity index is 1.46. The zero-order valence-corrected chi connectivity index (χ0v) is 14.4. The van der Waals surface area contributed by atoms with E-state index in [-0.39, 0.29) is 11.3 Å². The molecule has 1 aromatic carbocycles. The Labute approximate surface area is 142 Å². The van der Waals surface area contributed by atoms with Crippen molar-refractivity contribution < 1.29 is 4.79 Å². The molecule has 0 N–H and O–H groups in total. The summed E-state index contributed by atoms with van der Waals surface area (Å²) in [6.45, 7) is 5.80. The second kappa shape index (κ2) is 5.74. The number of carbonyl (C=O) groups excluding carboxylic acids is 1. The van der Waals surface area contributed by atoms with Crippen molar-refractivity contribution in [2.24, 2.45) is 12.5 Å². The predicted octanol–water partition coefficient (Wildman–Crippen LogP) is 2.36. The monoisotopic (exact) mass is 324 g/mol. The molecule has 0 aliphatic carbocycles. The van der Waals surface area contributed by atoms with E-state index in [0.717, 1.165) is 44.1 Å². The highest BCUT2D eigenvalue weighted by Gasteiger charge is 2.47. The number of benzene rings is 1. The Hall–Kier alpha value is -2.14. The third-order valence-electron chi connectivity index (χ3n) is 5.47. The van der Waals surface area contributed by atoms with Gasteiger partial charge < -0.3 is 9.47 Å². The van der Waals surface area contributed by atoms with Gasteiger partial charge in [-0.3, -0.25) is 9.69 Å². The molecule has 24 heavy (non-hydrogen) atoms. The highest BCUT2D eigenvalue weighted by Crippen LogP contribution is 2.42. The molecule has 2 aliphatic heterocycles. The fourth-order valence-corrected chi connectivity index (χ4v) is 4.04. The largest absolute Gasteiger partial charge is 0.337 e. The lowest BCUT2D eigenvalue weighted by molar-refractivity contribution is -0.117. The van der Waals surface area contributed by atoms with Crippen molar-refractivity contribution in [2.45, 2.75) is 26.3 Å². The number of carbonyl (C=O) groups is 1. The van der Waals surface area contributed by atoms with Gasteiger partial charge in [0, 0.05) is 50.1 Å². The number of aryl methyl sites for hydroxylation is 2. The maximum atomic E-state index is 12.6. The molecule has 3 heterocycles. The number of nitrogens with zero attached hydrogens (tertiary/aromatic N) is 4. The number of likely N-dealkylation sites (tertiary alicyclic amines) is 1. The third kappa shape index (κ3) is 2.73. The van der Waals surface area contributed by atoms with Crippen molar-refractivity contribution in [1.82, 2.24) is 14.5 Å². The van der Waals surface area contributed by atoms with Crippen LogP contribution in [-0.2, 0) is 18.4 Å². The molecule has 0 saturated carbocycles. The van der Waals surface area contributed by atoms with Gasteiger partial charge in [-0.15, -0.1) is 0 Å². The maximum Gasteiger partial charge on any atom is 0.227 e. The van der Waals surface area contributed by atoms with Crippen molar-refractivity contribution in [3.63, 3.8) is 0 Å². The van der Waals surface area contributed by atoms with Crippen LogP contribution in [-0.4, -0.2) is 40.0 Å². The van der Waals surface area contributed by atoms with E-state index in [1.165, 1.54) is 5.56 Å². The van der Waals surface area contributed by atoms with Crippen molar-refractivity contribution in [3.05, 3.63) is 48.0 Å². The Bertz CT molecular complexity index is 751. The van der Waals surface area contributed by atoms with E-state index >= 15 is 0 Å². The highest BCUT2D eigenvalue weighted by atomic mass is 16.2. The first-order chi connectivity index (χ1) is 11.5. The molecule has 2 fully saturated rings. The van der Waals surface area contributed by atoms with Crippen LogP contribution in [0.15, 0.2) is 36.7 Å². The summed E-state index contributed by atoms with van der Waals surface area (Å²) in [6.07, 6.45) is 5.59. The molecule has 5 heteroatoms. The minimum absolute atomic E-state index is 0.104. The van der Waals surface area contributed by atoms with Crippen LogP contribution in [0.25, 0.3) is 0 Å². The van der Waals surface area contributed by atoms with Gasteiger partial charge in [0.2, 0.25) is 5.91 Å². The van der Waals surface area contributed by atoms with Gasteiger partial charge in [0.25, 0.3) is 0 Å². The number of aromatic nitrogens is 2.